The third-order valence-corrected chi connectivity index (χ3v) is 7.80. The summed E-state index contributed by atoms with van der Waals surface area (Å²) in [5.74, 6) is -21.5. The molecule has 47 heavy (non-hydrogen) atoms. The molecule has 4 nitrogen and oxygen atoms in total. The third kappa shape index (κ3) is 4.95. The first kappa shape index (κ1) is 31.6. The summed E-state index contributed by atoms with van der Waals surface area (Å²) in [7, 11) is 0. The van der Waals surface area contributed by atoms with Gasteiger partial charge in [0.05, 0.1) is 22.5 Å². The van der Waals surface area contributed by atoms with Crippen molar-refractivity contribution in [3.8, 4) is 0 Å². The summed E-state index contributed by atoms with van der Waals surface area (Å²) in [5.41, 5.74) is -4.11. The quantitative estimate of drug-likeness (QED) is 0.118. The average molecular weight is 661 g/mol. The van der Waals surface area contributed by atoms with Crippen LogP contribution in [0.5, 0.6) is 0 Å². The number of aromatic amines is 2. The van der Waals surface area contributed by atoms with Crippen molar-refractivity contribution < 1.29 is 43.9 Å². The number of hydrogen-bond donors (Lipinski definition) is 2. The van der Waals surface area contributed by atoms with Crippen LogP contribution in [0.25, 0.3) is 11.1 Å². The van der Waals surface area contributed by atoms with Crippen LogP contribution in [0.2, 0.25) is 0 Å². The molecule has 0 spiro atoms. The molecule has 2 aliphatic rings. The van der Waals surface area contributed by atoms with Crippen molar-refractivity contribution in [2.75, 3.05) is 0 Å². The highest BCUT2D eigenvalue weighted by Crippen LogP contribution is 2.40. The van der Waals surface area contributed by atoms with E-state index in [1.54, 1.807) is 13.8 Å². The summed E-state index contributed by atoms with van der Waals surface area (Å²) < 4.78 is 145. The van der Waals surface area contributed by atoms with E-state index in [0.717, 1.165) is 0 Å². The Kier molecular flexibility index (Phi) is 7.69. The van der Waals surface area contributed by atoms with Gasteiger partial charge in [-0.15, -0.1) is 0 Å². The zero-order valence-electron chi connectivity index (χ0n) is 23.9. The summed E-state index contributed by atoms with van der Waals surface area (Å²) >= 11 is 0. The van der Waals surface area contributed by atoms with E-state index in [2.05, 4.69) is 20.0 Å². The maximum absolute atomic E-state index is 15.0. The van der Waals surface area contributed by atoms with E-state index in [0.29, 0.717) is 11.4 Å². The molecule has 0 fully saturated rings. The first-order chi connectivity index (χ1) is 22.2. The smallest absolute Gasteiger partial charge is 0.200 e. The molecule has 6 rings (SSSR count). The molecule has 2 N–H and O–H groups in total. The maximum atomic E-state index is 15.0. The van der Waals surface area contributed by atoms with Gasteiger partial charge in [0.25, 0.3) is 0 Å². The molecule has 4 aromatic rings. The highest BCUT2D eigenvalue weighted by molar-refractivity contribution is 5.90. The van der Waals surface area contributed by atoms with Crippen LogP contribution in [0.1, 0.15) is 47.8 Å². The Hall–Kier alpha value is -5.40. The summed E-state index contributed by atoms with van der Waals surface area (Å²) in [6.07, 6.45) is 7.94. The van der Waals surface area contributed by atoms with Crippen LogP contribution >= 0.6 is 0 Å². The largest absolute Gasteiger partial charge is 0.358 e. The summed E-state index contributed by atoms with van der Waals surface area (Å²) in [6.45, 7) is 3.30. The molecule has 240 valence electrons. The summed E-state index contributed by atoms with van der Waals surface area (Å²) in [4.78, 5) is 13.8. The molecule has 2 aromatic carbocycles. The first-order valence-electron chi connectivity index (χ1n) is 13.6. The predicted molar refractivity (Wildman–Crippen MR) is 153 cm³/mol. The Labute approximate surface area is 258 Å². The van der Waals surface area contributed by atoms with Crippen LogP contribution < -0.4 is 0 Å². The Balaban J connectivity index is 1.47. The van der Waals surface area contributed by atoms with E-state index in [4.69, 9.17) is 0 Å². The van der Waals surface area contributed by atoms with Crippen molar-refractivity contribution in [2.45, 2.75) is 19.3 Å². The van der Waals surface area contributed by atoms with E-state index in [9.17, 15) is 43.9 Å². The standard InChI is InChI=1S/C33H18F10N4/c1-33(2,17-9-7-15(46-17)19(13-5-3-11-44-13)21-23(34)27(38)31(42)28(39)24(21)35)18-10-8-16(47-18)20(14-6-4-12-45-14)22-25(36)29(40)32(43)30(41)26(22)37/h3-12,46-47H,1-2H3/b19-13+,20-14+. The van der Waals surface area contributed by atoms with Crippen molar-refractivity contribution in [1.29, 1.82) is 0 Å². The van der Waals surface area contributed by atoms with E-state index >= 15 is 0 Å². The molecular weight excluding hydrogens is 642 g/mol. The van der Waals surface area contributed by atoms with Crippen LogP contribution in [-0.4, -0.2) is 22.4 Å². The number of hydrogen-bond acceptors (Lipinski definition) is 2. The molecule has 0 radical (unpaired) electrons. The number of aromatic nitrogens is 2. The Morgan fingerprint density at radius 3 is 1.11 bits per heavy atom. The van der Waals surface area contributed by atoms with Gasteiger partial charge in [0, 0.05) is 51.8 Å². The molecule has 4 heterocycles. The second-order valence-electron chi connectivity index (χ2n) is 10.9. The number of nitrogens with zero attached hydrogens (tertiary/aromatic N) is 2. The van der Waals surface area contributed by atoms with Crippen molar-refractivity contribution >= 4 is 23.6 Å². The predicted octanol–water partition coefficient (Wildman–Crippen LogP) is 8.86. The van der Waals surface area contributed by atoms with Gasteiger partial charge in [0.2, 0.25) is 11.6 Å². The van der Waals surface area contributed by atoms with Gasteiger partial charge < -0.3 is 9.97 Å². The minimum Gasteiger partial charge on any atom is -0.358 e. The highest BCUT2D eigenvalue weighted by Gasteiger charge is 2.34. The first-order valence-corrected chi connectivity index (χ1v) is 13.6. The second kappa shape index (κ2) is 11.4. The average Bonchev–Trinajstić information content (AvgIpc) is 3.89. The fraction of sp³-hybridized carbons (Fsp3) is 0.0909. The molecule has 0 bridgehead atoms. The van der Waals surface area contributed by atoms with Gasteiger partial charge >= 0.3 is 0 Å². The lowest BCUT2D eigenvalue weighted by Crippen LogP contribution is -2.20. The van der Waals surface area contributed by atoms with Gasteiger partial charge in [-0.1, -0.05) is 0 Å². The molecule has 2 aromatic heterocycles. The molecule has 0 aliphatic carbocycles. The van der Waals surface area contributed by atoms with Gasteiger partial charge in [-0.3, -0.25) is 9.98 Å². The van der Waals surface area contributed by atoms with Crippen molar-refractivity contribution in [3.05, 3.63) is 152 Å². The summed E-state index contributed by atoms with van der Waals surface area (Å²) in [6, 6.07) is 5.61. The number of rotatable bonds is 6. The summed E-state index contributed by atoms with van der Waals surface area (Å²) in [5, 5.41) is 0. The van der Waals surface area contributed by atoms with E-state index in [-0.39, 0.29) is 22.8 Å². The zero-order chi connectivity index (χ0) is 33.9. The minimum absolute atomic E-state index is 0.0728. The second-order valence-corrected chi connectivity index (χ2v) is 10.9. The number of aliphatic imine (C=N–C) groups is 2. The fourth-order valence-corrected chi connectivity index (χ4v) is 5.30. The van der Waals surface area contributed by atoms with Gasteiger partial charge in [-0.2, -0.15) is 0 Å². The lowest BCUT2D eigenvalue weighted by atomic mass is 9.86. The number of allylic oxidation sites excluding steroid dienone is 4. The molecule has 0 unspecified atom stereocenters. The van der Waals surface area contributed by atoms with Gasteiger partial charge in [-0.25, -0.2) is 43.9 Å². The van der Waals surface area contributed by atoms with Crippen LogP contribution in [0.4, 0.5) is 43.9 Å². The number of H-pyrrole nitrogens is 2. The molecule has 14 heteroatoms. The monoisotopic (exact) mass is 660 g/mol. The molecule has 0 atom stereocenters. The zero-order valence-corrected chi connectivity index (χ0v) is 23.9. The lowest BCUT2D eigenvalue weighted by Gasteiger charge is -2.23. The van der Waals surface area contributed by atoms with E-state index in [1.807, 2.05) is 0 Å². The topological polar surface area (TPSA) is 56.3 Å². The minimum atomic E-state index is -2.33. The Morgan fingerprint density at radius 2 is 0.809 bits per heavy atom. The van der Waals surface area contributed by atoms with Crippen LogP contribution in [0.3, 0.4) is 0 Å². The lowest BCUT2D eigenvalue weighted by molar-refractivity contribution is 0.376. The SMILES string of the molecule is CC(C)(c1ccc(/C(=C2/C=CC=N2)c2c(F)c(F)c(F)c(F)c2F)[nH]1)c1ccc(/C(=C2/C=CC=N2)c2c(F)c(F)c(F)c(F)c2F)[nH]1. The number of nitrogens with one attached hydrogen (secondary N) is 2. The third-order valence-electron chi connectivity index (χ3n) is 7.80. The van der Waals surface area contributed by atoms with Gasteiger partial charge in [-0.05, 0) is 62.4 Å². The van der Waals surface area contributed by atoms with E-state index in [1.165, 1.54) is 61.0 Å². The fourth-order valence-electron chi connectivity index (χ4n) is 5.30. The Morgan fingerprint density at radius 1 is 0.489 bits per heavy atom. The van der Waals surface area contributed by atoms with Gasteiger partial charge in [0.15, 0.2) is 46.5 Å². The van der Waals surface area contributed by atoms with Crippen LogP contribution in [0.15, 0.2) is 69.9 Å². The van der Waals surface area contributed by atoms with Crippen molar-refractivity contribution in [3.63, 3.8) is 0 Å². The normalized spacial score (nSPS) is 16.3. The van der Waals surface area contributed by atoms with Crippen LogP contribution in [0, 0.1) is 58.2 Å². The molecule has 0 amide bonds. The van der Waals surface area contributed by atoms with Crippen molar-refractivity contribution in [2.24, 2.45) is 9.98 Å². The molecule has 0 saturated carbocycles. The number of benzene rings is 2. The Bertz CT molecular complexity index is 1940. The number of halogens is 10. The molecule has 2 aliphatic heterocycles. The van der Waals surface area contributed by atoms with E-state index < -0.39 is 85.9 Å². The van der Waals surface area contributed by atoms with Crippen molar-refractivity contribution in [1.82, 2.24) is 9.97 Å². The van der Waals surface area contributed by atoms with Gasteiger partial charge in [0.1, 0.15) is 0 Å². The molecular formula is C33H18F10N4. The maximum Gasteiger partial charge on any atom is 0.200 e. The highest BCUT2D eigenvalue weighted by atomic mass is 19.2. The molecule has 0 saturated heterocycles. The van der Waals surface area contributed by atoms with Crippen LogP contribution in [-0.2, 0) is 5.41 Å².